The summed E-state index contributed by atoms with van der Waals surface area (Å²) in [4.78, 5) is 32.6. The van der Waals surface area contributed by atoms with Crippen LogP contribution < -0.4 is 11.1 Å². The Kier molecular flexibility index (Phi) is 7.15. The quantitative estimate of drug-likeness (QED) is 0.290. The number of rotatable bonds is 9. The lowest BCUT2D eigenvalue weighted by Crippen LogP contribution is -2.24. The van der Waals surface area contributed by atoms with Crippen LogP contribution in [0, 0.1) is 0 Å². The van der Waals surface area contributed by atoms with Crippen LogP contribution in [-0.4, -0.2) is 31.1 Å². The SMILES string of the molecule is Nc1nnc2nc(CC(=O)C(c3ccccc3)c3ccccc3)/c(=C/C(=O)C(c3ccccc3)c3ccccc3)n12. The molecule has 0 saturated heterocycles. The van der Waals surface area contributed by atoms with Gasteiger partial charge in [-0.25, -0.2) is 9.38 Å². The molecule has 0 saturated carbocycles. The first-order valence-electron chi connectivity index (χ1n) is 13.4. The molecule has 0 aliphatic rings. The van der Waals surface area contributed by atoms with Gasteiger partial charge in [-0.1, -0.05) is 121 Å². The van der Waals surface area contributed by atoms with Crippen LogP contribution in [0.15, 0.2) is 121 Å². The molecule has 7 heteroatoms. The third-order valence-electron chi connectivity index (χ3n) is 7.20. The smallest absolute Gasteiger partial charge is 0.257 e. The van der Waals surface area contributed by atoms with Gasteiger partial charge in [0.25, 0.3) is 5.78 Å². The molecule has 0 aliphatic heterocycles. The van der Waals surface area contributed by atoms with Crippen molar-refractivity contribution in [1.29, 1.82) is 0 Å². The average Bonchev–Trinajstić information content (AvgIpc) is 3.54. The van der Waals surface area contributed by atoms with E-state index >= 15 is 0 Å². The molecule has 0 spiro atoms. The van der Waals surface area contributed by atoms with Gasteiger partial charge < -0.3 is 5.73 Å². The summed E-state index contributed by atoms with van der Waals surface area (Å²) in [7, 11) is 0. The van der Waals surface area contributed by atoms with Gasteiger partial charge in [-0.15, -0.1) is 10.2 Å². The number of benzene rings is 4. The first-order valence-corrected chi connectivity index (χ1v) is 13.4. The molecule has 0 amide bonds. The van der Waals surface area contributed by atoms with Gasteiger partial charge in [0.15, 0.2) is 11.6 Å². The Balaban J connectivity index is 1.45. The maximum absolute atomic E-state index is 14.0. The zero-order chi connectivity index (χ0) is 28.2. The number of Topliss-reactive ketones (excluding diaryl/α,β-unsaturated/α-hetero) is 2. The number of aromatic nitrogens is 4. The molecule has 0 bridgehead atoms. The highest BCUT2D eigenvalue weighted by Gasteiger charge is 2.26. The monoisotopic (exact) mass is 537 g/mol. The molecule has 41 heavy (non-hydrogen) atoms. The molecule has 0 aliphatic carbocycles. The zero-order valence-corrected chi connectivity index (χ0v) is 22.2. The molecule has 0 unspecified atom stereocenters. The average molecular weight is 538 g/mol. The number of ketones is 2. The van der Waals surface area contributed by atoms with E-state index in [-0.39, 0.29) is 29.7 Å². The third-order valence-corrected chi connectivity index (χ3v) is 7.20. The summed E-state index contributed by atoms with van der Waals surface area (Å²) < 4.78 is 1.54. The van der Waals surface area contributed by atoms with E-state index in [1.165, 1.54) is 10.5 Å². The molecule has 7 nitrogen and oxygen atoms in total. The van der Waals surface area contributed by atoms with Crippen molar-refractivity contribution in [3.63, 3.8) is 0 Å². The van der Waals surface area contributed by atoms with Gasteiger partial charge in [0, 0.05) is 6.08 Å². The Hall–Kier alpha value is -5.43. The number of nitrogens with zero attached hydrogens (tertiary/aromatic N) is 4. The lowest BCUT2D eigenvalue weighted by Gasteiger charge is -2.17. The zero-order valence-electron chi connectivity index (χ0n) is 22.2. The number of fused-ring (bicyclic) bond motifs is 1. The summed E-state index contributed by atoms with van der Waals surface area (Å²) in [6.45, 7) is 0. The van der Waals surface area contributed by atoms with Crippen LogP contribution in [-0.2, 0) is 16.0 Å². The minimum Gasteiger partial charge on any atom is -0.368 e. The second-order valence-corrected chi connectivity index (χ2v) is 9.84. The molecule has 4 aromatic carbocycles. The van der Waals surface area contributed by atoms with Crippen molar-refractivity contribution in [3.8, 4) is 0 Å². The Bertz CT molecular complexity index is 1780. The molecule has 2 N–H and O–H groups in total. The Morgan fingerprint density at radius 3 is 1.56 bits per heavy atom. The number of hydrogen-bond donors (Lipinski definition) is 1. The lowest BCUT2D eigenvalue weighted by molar-refractivity contribution is -0.119. The van der Waals surface area contributed by atoms with E-state index in [1.807, 2.05) is 121 Å². The molecule has 2 aromatic heterocycles. The normalized spacial score (nSPS) is 11.9. The van der Waals surface area contributed by atoms with Gasteiger partial charge in [-0.3, -0.25) is 9.59 Å². The number of nitrogens with two attached hydrogens (primary N) is 1. The predicted octanol–water partition coefficient (Wildman–Crippen LogP) is 4.55. The minimum atomic E-state index is -0.551. The van der Waals surface area contributed by atoms with Crippen LogP contribution in [0.3, 0.4) is 0 Å². The summed E-state index contributed by atoms with van der Waals surface area (Å²) in [6, 6.07) is 38.6. The number of anilines is 1. The Labute approximate surface area is 237 Å². The fraction of sp³-hybridized carbons (Fsp3) is 0.0882. The van der Waals surface area contributed by atoms with Gasteiger partial charge in [-0.2, -0.15) is 0 Å². The van der Waals surface area contributed by atoms with Gasteiger partial charge in [0.1, 0.15) is 0 Å². The topological polar surface area (TPSA) is 103 Å². The van der Waals surface area contributed by atoms with Crippen LogP contribution >= 0.6 is 0 Å². The molecule has 6 rings (SSSR count). The third kappa shape index (κ3) is 5.25. The molecule has 0 fully saturated rings. The summed E-state index contributed by atoms with van der Waals surface area (Å²) >= 11 is 0. The van der Waals surface area contributed by atoms with Crippen molar-refractivity contribution in [2.45, 2.75) is 18.3 Å². The van der Waals surface area contributed by atoms with Gasteiger partial charge in [0.05, 0.1) is 29.3 Å². The van der Waals surface area contributed by atoms with Crippen molar-refractivity contribution in [1.82, 2.24) is 19.6 Å². The molecule has 0 radical (unpaired) electrons. The largest absolute Gasteiger partial charge is 0.368 e. The second-order valence-electron chi connectivity index (χ2n) is 9.84. The fourth-order valence-electron chi connectivity index (χ4n) is 5.33. The van der Waals surface area contributed by atoms with Crippen LogP contribution in [0.25, 0.3) is 11.9 Å². The maximum Gasteiger partial charge on any atom is 0.257 e. The predicted molar refractivity (Wildman–Crippen MR) is 158 cm³/mol. The molecule has 0 atom stereocenters. The summed E-state index contributed by atoms with van der Waals surface area (Å²) in [5.41, 5.74) is 10.1. The highest BCUT2D eigenvalue weighted by atomic mass is 16.1. The van der Waals surface area contributed by atoms with E-state index in [4.69, 9.17) is 5.73 Å². The van der Waals surface area contributed by atoms with Crippen molar-refractivity contribution >= 4 is 29.4 Å². The van der Waals surface area contributed by atoms with E-state index in [2.05, 4.69) is 15.2 Å². The van der Waals surface area contributed by atoms with Crippen molar-refractivity contribution in [2.24, 2.45) is 0 Å². The number of carbonyl (C=O) groups excluding carboxylic acids is 2. The first kappa shape index (κ1) is 25.8. The number of carbonyl (C=O) groups is 2. The Morgan fingerprint density at radius 2 is 1.10 bits per heavy atom. The second kappa shape index (κ2) is 11.4. The highest BCUT2D eigenvalue weighted by Crippen LogP contribution is 2.28. The van der Waals surface area contributed by atoms with Crippen LogP contribution in [0.2, 0.25) is 0 Å². The molecule has 200 valence electrons. The van der Waals surface area contributed by atoms with Gasteiger partial charge in [-0.05, 0) is 22.3 Å². The van der Waals surface area contributed by atoms with E-state index in [9.17, 15) is 9.59 Å². The first-order chi connectivity index (χ1) is 20.1. The van der Waals surface area contributed by atoms with E-state index in [0.29, 0.717) is 11.0 Å². The standard InChI is InChI=1S/C34H27N5O2/c35-33-37-38-34-36-27(21-29(40)31(23-13-5-1-6-14-23)24-15-7-2-8-16-24)28(39(33)34)22-30(41)32(25-17-9-3-10-18-25)26-19-11-4-12-20-26/h1-20,22,31-32H,21H2,(H2,35,37)/b28-22-. The van der Waals surface area contributed by atoms with Gasteiger partial charge >= 0.3 is 0 Å². The number of hydrogen-bond acceptors (Lipinski definition) is 6. The highest BCUT2D eigenvalue weighted by molar-refractivity contribution is 6.11. The van der Waals surface area contributed by atoms with Crippen LogP contribution in [0.5, 0.6) is 0 Å². The minimum absolute atomic E-state index is 0.0162. The van der Waals surface area contributed by atoms with Crippen molar-refractivity contribution in [3.05, 3.63) is 155 Å². The lowest BCUT2D eigenvalue weighted by atomic mass is 9.85. The molecular weight excluding hydrogens is 510 g/mol. The van der Waals surface area contributed by atoms with Crippen LogP contribution in [0.1, 0.15) is 39.8 Å². The summed E-state index contributed by atoms with van der Waals surface area (Å²) in [5.74, 6) is -0.923. The van der Waals surface area contributed by atoms with E-state index in [1.54, 1.807) is 0 Å². The number of imidazole rings is 1. The number of nitrogen functional groups attached to an aromatic ring is 1. The fourth-order valence-corrected chi connectivity index (χ4v) is 5.33. The molecular formula is C34H27N5O2. The summed E-state index contributed by atoms with van der Waals surface area (Å²) in [6.07, 6.45) is 1.50. The van der Waals surface area contributed by atoms with Crippen LogP contribution in [0.4, 0.5) is 5.95 Å². The Morgan fingerprint density at radius 1 is 0.659 bits per heavy atom. The molecule has 6 aromatic rings. The maximum atomic E-state index is 14.0. The van der Waals surface area contributed by atoms with Crippen molar-refractivity contribution in [2.75, 3.05) is 5.73 Å². The van der Waals surface area contributed by atoms with Crippen molar-refractivity contribution < 1.29 is 9.59 Å². The molecule has 2 heterocycles. The van der Waals surface area contributed by atoms with E-state index in [0.717, 1.165) is 22.3 Å². The van der Waals surface area contributed by atoms with Gasteiger partial charge in [0.2, 0.25) is 5.95 Å². The van der Waals surface area contributed by atoms with E-state index < -0.39 is 11.8 Å². The summed E-state index contributed by atoms with van der Waals surface area (Å²) in [5, 5.41) is 8.43.